The Morgan fingerprint density at radius 1 is 1.19 bits per heavy atom. The summed E-state index contributed by atoms with van der Waals surface area (Å²) in [6.45, 7) is 5.00. The van der Waals surface area contributed by atoms with Crippen molar-refractivity contribution in [1.82, 2.24) is 19.9 Å². The predicted octanol–water partition coefficient (Wildman–Crippen LogP) is 4.10. The van der Waals surface area contributed by atoms with Gasteiger partial charge in [-0.05, 0) is 30.7 Å². The molecular formula is C24H27Cl3N6O3. The lowest BCUT2D eigenvalue weighted by Gasteiger charge is -2.27. The lowest BCUT2D eigenvalue weighted by Crippen LogP contribution is -2.36. The third-order valence-electron chi connectivity index (χ3n) is 5.88. The van der Waals surface area contributed by atoms with Gasteiger partial charge in [0.25, 0.3) is 5.56 Å². The first-order valence-corrected chi connectivity index (χ1v) is 11.5. The van der Waals surface area contributed by atoms with Gasteiger partial charge in [0.1, 0.15) is 22.7 Å². The molecule has 5 rings (SSSR count). The van der Waals surface area contributed by atoms with Gasteiger partial charge in [-0.1, -0.05) is 23.7 Å². The smallest absolute Gasteiger partial charge is 0.261 e. The van der Waals surface area contributed by atoms with Gasteiger partial charge in [-0.3, -0.25) is 4.79 Å². The zero-order valence-electron chi connectivity index (χ0n) is 19.5. The highest BCUT2D eigenvalue weighted by molar-refractivity contribution is 6.30. The molecule has 0 saturated carbocycles. The number of nitrogens with zero attached hydrogens (tertiary/aromatic N) is 3. The average molecular weight is 554 g/mol. The molecule has 3 aromatic heterocycles. The minimum Gasteiger partial charge on any atom is -0.387 e. The van der Waals surface area contributed by atoms with Gasteiger partial charge in [-0.25, -0.2) is 9.97 Å². The van der Waals surface area contributed by atoms with E-state index >= 15 is 0 Å². The Bertz CT molecular complexity index is 1390. The lowest BCUT2D eigenvalue weighted by atomic mass is 10.1. The van der Waals surface area contributed by atoms with Crippen LogP contribution in [0.25, 0.3) is 22.4 Å². The van der Waals surface area contributed by atoms with Crippen molar-refractivity contribution in [3.63, 3.8) is 0 Å². The maximum absolute atomic E-state index is 12.8. The van der Waals surface area contributed by atoms with E-state index in [1.165, 1.54) is 0 Å². The largest absolute Gasteiger partial charge is 0.387 e. The Kier molecular flexibility index (Phi) is 9.21. The summed E-state index contributed by atoms with van der Waals surface area (Å²) >= 11 is 6.04. The summed E-state index contributed by atoms with van der Waals surface area (Å²) in [4.78, 5) is 30.4. The SMILES string of the molecule is Cc1nc(N2CCOCC2)cc2[nH]c(-c3c(NC[C@@H](O)c4cccc(Cl)c4)cc[nH]c3=O)nc12.Cl.Cl. The van der Waals surface area contributed by atoms with Crippen molar-refractivity contribution in [3.8, 4) is 11.4 Å². The molecule has 0 spiro atoms. The van der Waals surface area contributed by atoms with Crippen molar-refractivity contribution in [1.29, 1.82) is 0 Å². The van der Waals surface area contributed by atoms with Gasteiger partial charge >= 0.3 is 0 Å². The van der Waals surface area contributed by atoms with E-state index < -0.39 is 6.10 Å². The fourth-order valence-electron chi connectivity index (χ4n) is 4.13. The molecule has 1 saturated heterocycles. The van der Waals surface area contributed by atoms with Crippen molar-refractivity contribution in [3.05, 3.63) is 69.2 Å². The van der Waals surface area contributed by atoms with E-state index in [0.29, 0.717) is 46.4 Å². The van der Waals surface area contributed by atoms with Crippen LogP contribution in [0.2, 0.25) is 5.02 Å². The maximum atomic E-state index is 12.8. The summed E-state index contributed by atoms with van der Waals surface area (Å²) in [6, 6.07) is 10.8. The minimum atomic E-state index is -0.802. The number of aliphatic hydroxyl groups is 1. The number of halogens is 3. The average Bonchev–Trinajstić information content (AvgIpc) is 3.27. The van der Waals surface area contributed by atoms with Gasteiger partial charge in [-0.15, -0.1) is 24.8 Å². The number of aromatic nitrogens is 4. The summed E-state index contributed by atoms with van der Waals surface area (Å²) < 4.78 is 5.44. The molecule has 0 unspecified atom stereocenters. The van der Waals surface area contributed by atoms with Gasteiger partial charge < -0.3 is 30.0 Å². The van der Waals surface area contributed by atoms with Gasteiger partial charge in [0.05, 0.1) is 36.2 Å². The van der Waals surface area contributed by atoms with Gasteiger partial charge in [0.2, 0.25) is 0 Å². The molecule has 0 radical (unpaired) electrons. The van der Waals surface area contributed by atoms with Crippen LogP contribution >= 0.6 is 36.4 Å². The Morgan fingerprint density at radius 3 is 2.72 bits per heavy atom. The summed E-state index contributed by atoms with van der Waals surface area (Å²) in [5.41, 5.74) is 3.61. The zero-order chi connectivity index (χ0) is 23.7. The molecule has 12 heteroatoms. The molecule has 0 amide bonds. The van der Waals surface area contributed by atoms with E-state index in [4.69, 9.17) is 21.3 Å². The Balaban J connectivity index is 0.00000180. The third kappa shape index (κ3) is 5.77. The fourth-order valence-corrected chi connectivity index (χ4v) is 4.32. The van der Waals surface area contributed by atoms with Gasteiger partial charge in [0.15, 0.2) is 0 Å². The standard InChI is InChI=1S/C24H25ClN6O3.2ClH/c1-14-22-18(12-20(28-14)31-7-9-34-10-8-31)29-23(30-22)21-17(5-6-26-24(21)33)27-13-19(32)15-3-2-4-16(25)11-15;;/h2-6,11-12,19,32H,7-10,13H2,1H3,(H,29,30)(H2,26,27,33);2*1H/t19-;;/m1../s1. The first-order valence-electron chi connectivity index (χ1n) is 11.1. The summed E-state index contributed by atoms with van der Waals surface area (Å²) in [5.74, 6) is 1.29. The van der Waals surface area contributed by atoms with E-state index in [1.54, 1.807) is 36.5 Å². The van der Waals surface area contributed by atoms with Crippen LogP contribution in [0.15, 0.2) is 47.4 Å². The quantitative estimate of drug-likeness (QED) is 0.284. The highest BCUT2D eigenvalue weighted by Crippen LogP contribution is 2.28. The van der Waals surface area contributed by atoms with Crippen LogP contribution < -0.4 is 15.8 Å². The number of aromatic amines is 2. The number of benzene rings is 1. The van der Waals surface area contributed by atoms with Crippen LogP contribution in [0.1, 0.15) is 17.4 Å². The number of H-pyrrole nitrogens is 2. The maximum Gasteiger partial charge on any atom is 0.261 e. The minimum absolute atomic E-state index is 0. The summed E-state index contributed by atoms with van der Waals surface area (Å²) in [5, 5.41) is 14.3. The molecule has 1 aliphatic heterocycles. The molecule has 1 aliphatic rings. The number of fused-ring (bicyclic) bond motifs is 1. The molecular weight excluding hydrogens is 527 g/mol. The molecule has 0 bridgehead atoms. The normalized spacial score (nSPS) is 14.1. The Hall–Kier alpha value is -2.82. The van der Waals surface area contributed by atoms with Crippen LogP contribution in [-0.2, 0) is 4.74 Å². The molecule has 0 aliphatic carbocycles. The van der Waals surface area contributed by atoms with Crippen molar-refractivity contribution < 1.29 is 9.84 Å². The van der Waals surface area contributed by atoms with Crippen molar-refractivity contribution in [2.24, 2.45) is 0 Å². The molecule has 1 aromatic carbocycles. The molecule has 1 atom stereocenters. The highest BCUT2D eigenvalue weighted by Gasteiger charge is 2.19. The van der Waals surface area contributed by atoms with Crippen molar-refractivity contribution in [2.75, 3.05) is 43.1 Å². The number of pyridine rings is 2. The molecule has 4 aromatic rings. The summed E-state index contributed by atoms with van der Waals surface area (Å²) in [6.07, 6.45) is 0.760. The Morgan fingerprint density at radius 2 is 1.97 bits per heavy atom. The Labute approximate surface area is 225 Å². The number of aliphatic hydroxyl groups excluding tert-OH is 1. The molecule has 1 fully saturated rings. The number of hydrogen-bond donors (Lipinski definition) is 4. The van der Waals surface area contributed by atoms with E-state index in [9.17, 15) is 9.90 Å². The van der Waals surface area contributed by atoms with Crippen molar-refractivity contribution >= 4 is 59.0 Å². The second kappa shape index (κ2) is 11.9. The van der Waals surface area contributed by atoms with Crippen LogP contribution in [-0.4, -0.2) is 57.9 Å². The van der Waals surface area contributed by atoms with E-state index in [-0.39, 0.29) is 36.9 Å². The first-order chi connectivity index (χ1) is 16.5. The second-order valence-corrected chi connectivity index (χ2v) is 8.63. The number of ether oxygens (including phenoxy) is 1. The summed E-state index contributed by atoms with van der Waals surface area (Å²) in [7, 11) is 0. The monoisotopic (exact) mass is 552 g/mol. The number of nitrogens with one attached hydrogen (secondary N) is 3. The number of rotatable bonds is 6. The number of hydrogen-bond acceptors (Lipinski definition) is 7. The molecule has 4 N–H and O–H groups in total. The van der Waals surface area contributed by atoms with Gasteiger partial charge in [0, 0.05) is 36.9 Å². The van der Waals surface area contributed by atoms with E-state index in [2.05, 4.69) is 25.2 Å². The number of imidazole rings is 1. The first kappa shape index (κ1) is 27.8. The second-order valence-electron chi connectivity index (χ2n) is 8.19. The van der Waals surface area contributed by atoms with E-state index in [1.807, 2.05) is 13.0 Å². The van der Waals surface area contributed by atoms with Crippen molar-refractivity contribution in [2.45, 2.75) is 13.0 Å². The van der Waals surface area contributed by atoms with Gasteiger partial charge in [-0.2, -0.15) is 0 Å². The number of aryl methyl sites for hydroxylation is 1. The molecule has 192 valence electrons. The zero-order valence-corrected chi connectivity index (χ0v) is 21.8. The van der Waals surface area contributed by atoms with E-state index in [0.717, 1.165) is 30.1 Å². The number of anilines is 2. The highest BCUT2D eigenvalue weighted by atomic mass is 35.5. The lowest BCUT2D eigenvalue weighted by molar-refractivity contribution is 0.122. The third-order valence-corrected chi connectivity index (χ3v) is 6.12. The molecule has 9 nitrogen and oxygen atoms in total. The van der Waals surface area contributed by atoms with Crippen LogP contribution in [0.4, 0.5) is 11.5 Å². The molecule has 4 heterocycles. The van der Waals surface area contributed by atoms with Crippen LogP contribution in [0, 0.1) is 6.92 Å². The predicted molar refractivity (Wildman–Crippen MR) is 147 cm³/mol. The van der Waals surface area contributed by atoms with Crippen LogP contribution in [0.5, 0.6) is 0 Å². The topological polar surface area (TPSA) is 119 Å². The number of morpholine rings is 1. The molecule has 36 heavy (non-hydrogen) atoms. The van der Waals surface area contributed by atoms with Crippen LogP contribution in [0.3, 0.4) is 0 Å². The fraction of sp³-hybridized carbons (Fsp3) is 0.292.